The van der Waals surface area contributed by atoms with Gasteiger partial charge in [-0.15, -0.1) is 0 Å². The van der Waals surface area contributed by atoms with Crippen molar-refractivity contribution in [3.05, 3.63) is 0 Å². The van der Waals surface area contributed by atoms with Gasteiger partial charge in [0, 0.05) is 18.5 Å². The zero-order valence-electron chi connectivity index (χ0n) is 10.8. The van der Waals surface area contributed by atoms with E-state index < -0.39 is 0 Å². The number of carbonyl (C=O) groups excluding carboxylic acids is 1. The fraction of sp³-hybridized carbons (Fsp3) is 0.923. The summed E-state index contributed by atoms with van der Waals surface area (Å²) >= 11 is 0. The Bertz CT molecular complexity index is 220. The molecule has 0 aromatic heterocycles. The Morgan fingerprint density at radius 2 is 1.81 bits per heavy atom. The zero-order chi connectivity index (χ0) is 12.1. The first-order valence-corrected chi connectivity index (χ1v) is 6.55. The highest BCUT2D eigenvalue weighted by molar-refractivity contribution is 5.78. The van der Waals surface area contributed by atoms with Crippen molar-refractivity contribution in [3.63, 3.8) is 0 Å². The summed E-state index contributed by atoms with van der Waals surface area (Å²) in [6, 6.07) is 0.386. The minimum atomic E-state index is -0.0529. The Morgan fingerprint density at radius 1 is 1.25 bits per heavy atom. The highest BCUT2D eigenvalue weighted by Gasteiger charge is 2.24. The summed E-state index contributed by atoms with van der Waals surface area (Å²) in [6.45, 7) is 6.91. The zero-order valence-corrected chi connectivity index (χ0v) is 10.8. The van der Waals surface area contributed by atoms with Crippen LogP contribution >= 0.6 is 0 Å². The molecule has 1 fully saturated rings. The van der Waals surface area contributed by atoms with Crippen LogP contribution in [0.4, 0.5) is 0 Å². The quantitative estimate of drug-likeness (QED) is 0.769. The van der Waals surface area contributed by atoms with E-state index in [1.165, 1.54) is 12.8 Å². The fourth-order valence-electron chi connectivity index (χ4n) is 2.38. The Hall–Kier alpha value is -0.570. The molecule has 0 radical (unpaired) electrons. The average molecular weight is 226 g/mol. The smallest absolute Gasteiger partial charge is 0.224 e. The van der Waals surface area contributed by atoms with Crippen molar-refractivity contribution in [1.82, 2.24) is 5.32 Å². The largest absolute Gasteiger partial charge is 0.353 e. The number of rotatable bonds is 4. The van der Waals surface area contributed by atoms with Crippen molar-refractivity contribution in [2.75, 3.05) is 6.54 Å². The first-order chi connectivity index (χ1) is 7.54. The molecule has 1 amide bonds. The summed E-state index contributed by atoms with van der Waals surface area (Å²) in [7, 11) is 0. The maximum atomic E-state index is 11.7. The second-order valence-electron chi connectivity index (χ2n) is 5.50. The van der Waals surface area contributed by atoms with Crippen LogP contribution < -0.4 is 11.1 Å². The molecule has 3 N–H and O–H groups in total. The van der Waals surface area contributed by atoms with E-state index in [4.69, 9.17) is 5.73 Å². The van der Waals surface area contributed by atoms with E-state index >= 15 is 0 Å². The maximum absolute atomic E-state index is 11.7. The van der Waals surface area contributed by atoms with Gasteiger partial charge in [0.1, 0.15) is 0 Å². The van der Waals surface area contributed by atoms with Crippen molar-refractivity contribution in [2.45, 2.75) is 52.5 Å². The van der Waals surface area contributed by atoms with Crippen molar-refractivity contribution < 1.29 is 4.79 Å². The van der Waals surface area contributed by atoms with E-state index in [1.807, 2.05) is 6.92 Å². The molecule has 1 unspecified atom stereocenters. The number of hydrogen-bond donors (Lipinski definition) is 2. The van der Waals surface area contributed by atoms with Crippen LogP contribution in [0, 0.1) is 17.8 Å². The Labute approximate surface area is 99.2 Å². The van der Waals surface area contributed by atoms with E-state index in [0.29, 0.717) is 12.6 Å². The highest BCUT2D eigenvalue weighted by atomic mass is 16.1. The molecule has 0 heterocycles. The maximum Gasteiger partial charge on any atom is 0.224 e. The number of nitrogens with two attached hydrogens (primary N) is 1. The summed E-state index contributed by atoms with van der Waals surface area (Å²) in [5, 5.41) is 3.11. The lowest BCUT2D eigenvalue weighted by atomic mass is 9.79. The standard InChI is InChI=1S/C13H26N2O/c1-9(2)11-4-6-12(7-5-11)15-13(16)10(3)8-14/h9-12H,4-8,14H2,1-3H3,(H,15,16). The Kier molecular flexibility index (Phi) is 5.26. The number of amides is 1. The third-order valence-electron chi connectivity index (χ3n) is 3.86. The monoisotopic (exact) mass is 226 g/mol. The molecule has 16 heavy (non-hydrogen) atoms. The molecule has 0 saturated heterocycles. The van der Waals surface area contributed by atoms with Gasteiger partial charge >= 0.3 is 0 Å². The van der Waals surface area contributed by atoms with E-state index in [1.54, 1.807) is 0 Å². The van der Waals surface area contributed by atoms with Crippen LogP contribution in [0.1, 0.15) is 46.5 Å². The summed E-state index contributed by atoms with van der Waals surface area (Å²) in [5.74, 6) is 1.69. The van der Waals surface area contributed by atoms with Gasteiger partial charge in [-0.3, -0.25) is 4.79 Å². The Morgan fingerprint density at radius 3 is 2.25 bits per heavy atom. The second-order valence-corrected chi connectivity index (χ2v) is 5.50. The summed E-state index contributed by atoms with van der Waals surface area (Å²) in [4.78, 5) is 11.7. The SMILES string of the molecule is CC(CN)C(=O)NC1CCC(C(C)C)CC1. The molecular weight excluding hydrogens is 200 g/mol. The molecule has 0 spiro atoms. The molecule has 0 aliphatic heterocycles. The molecule has 1 aliphatic rings. The second kappa shape index (κ2) is 6.24. The molecule has 1 saturated carbocycles. The van der Waals surface area contributed by atoms with Gasteiger partial charge in [-0.25, -0.2) is 0 Å². The molecule has 1 aliphatic carbocycles. The van der Waals surface area contributed by atoms with Gasteiger partial charge in [0.15, 0.2) is 0 Å². The van der Waals surface area contributed by atoms with Crippen molar-refractivity contribution in [3.8, 4) is 0 Å². The van der Waals surface area contributed by atoms with Crippen LogP contribution in [-0.2, 0) is 4.79 Å². The lowest BCUT2D eigenvalue weighted by Gasteiger charge is -2.31. The molecule has 3 nitrogen and oxygen atoms in total. The summed E-state index contributed by atoms with van der Waals surface area (Å²) < 4.78 is 0. The topological polar surface area (TPSA) is 55.1 Å². The Balaban J connectivity index is 2.29. The highest BCUT2D eigenvalue weighted by Crippen LogP contribution is 2.29. The lowest BCUT2D eigenvalue weighted by Crippen LogP contribution is -2.42. The van der Waals surface area contributed by atoms with Crippen LogP contribution in [0.2, 0.25) is 0 Å². The third-order valence-corrected chi connectivity index (χ3v) is 3.86. The summed E-state index contributed by atoms with van der Waals surface area (Å²) in [5.41, 5.74) is 5.48. The lowest BCUT2D eigenvalue weighted by molar-refractivity contribution is -0.125. The molecule has 1 rings (SSSR count). The molecule has 3 heteroatoms. The van der Waals surface area contributed by atoms with Crippen LogP contribution in [0.15, 0.2) is 0 Å². The summed E-state index contributed by atoms with van der Waals surface area (Å²) in [6.07, 6.45) is 4.76. The molecule has 94 valence electrons. The molecule has 0 aromatic rings. The third kappa shape index (κ3) is 3.78. The van der Waals surface area contributed by atoms with Gasteiger partial charge in [-0.1, -0.05) is 20.8 Å². The molecule has 1 atom stereocenters. The van der Waals surface area contributed by atoms with Gasteiger partial charge in [-0.05, 0) is 37.5 Å². The average Bonchev–Trinajstić information content (AvgIpc) is 2.28. The minimum absolute atomic E-state index is 0.0529. The first kappa shape index (κ1) is 13.5. The van der Waals surface area contributed by atoms with Crippen LogP contribution in [0.5, 0.6) is 0 Å². The predicted molar refractivity (Wildman–Crippen MR) is 66.9 cm³/mol. The van der Waals surface area contributed by atoms with E-state index in [0.717, 1.165) is 24.7 Å². The first-order valence-electron chi connectivity index (χ1n) is 6.55. The number of hydrogen-bond acceptors (Lipinski definition) is 2. The number of carbonyl (C=O) groups is 1. The van der Waals surface area contributed by atoms with Crippen LogP contribution in [0.3, 0.4) is 0 Å². The van der Waals surface area contributed by atoms with Gasteiger partial charge in [0.25, 0.3) is 0 Å². The molecule has 0 aromatic carbocycles. The van der Waals surface area contributed by atoms with E-state index in [9.17, 15) is 4.79 Å². The van der Waals surface area contributed by atoms with Crippen molar-refractivity contribution >= 4 is 5.91 Å². The van der Waals surface area contributed by atoms with Gasteiger partial charge < -0.3 is 11.1 Å². The predicted octanol–water partition coefficient (Wildman–Crippen LogP) is 1.91. The molecule has 0 bridgehead atoms. The van der Waals surface area contributed by atoms with Crippen molar-refractivity contribution in [2.24, 2.45) is 23.5 Å². The number of nitrogens with one attached hydrogen (secondary N) is 1. The minimum Gasteiger partial charge on any atom is -0.353 e. The van der Waals surface area contributed by atoms with Gasteiger partial charge in [-0.2, -0.15) is 0 Å². The normalized spacial score (nSPS) is 27.8. The fourth-order valence-corrected chi connectivity index (χ4v) is 2.38. The van der Waals surface area contributed by atoms with Gasteiger partial charge in [0.2, 0.25) is 5.91 Å². The van der Waals surface area contributed by atoms with Crippen LogP contribution in [0.25, 0.3) is 0 Å². The van der Waals surface area contributed by atoms with Gasteiger partial charge in [0.05, 0.1) is 0 Å². The molecular formula is C13H26N2O. The van der Waals surface area contributed by atoms with E-state index in [2.05, 4.69) is 19.2 Å². The van der Waals surface area contributed by atoms with E-state index in [-0.39, 0.29) is 11.8 Å². The van der Waals surface area contributed by atoms with Crippen LogP contribution in [-0.4, -0.2) is 18.5 Å². The van der Waals surface area contributed by atoms with Crippen molar-refractivity contribution in [1.29, 1.82) is 0 Å².